The highest BCUT2D eigenvalue weighted by atomic mass is 16.3. The molecule has 2 aromatic carbocycles. The third-order valence-corrected chi connectivity index (χ3v) is 5.19. The van der Waals surface area contributed by atoms with Gasteiger partial charge in [-0.05, 0) is 42.9 Å². The Morgan fingerprint density at radius 3 is 2.17 bits per heavy atom. The molecule has 0 unspecified atom stereocenters. The Hall–Kier alpha value is -2.88. The molecule has 0 aliphatic heterocycles. The molecule has 0 spiro atoms. The van der Waals surface area contributed by atoms with E-state index in [1.807, 2.05) is 48.5 Å². The number of rotatable bonds is 10. The van der Waals surface area contributed by atoms with Crippen LogP contribution in [0.15, 0.2) is 64.9 Å². The Bertz CT molecular complexity index is 876. The molecule has 0 aromatic heterocycles. The SMILES string of the molecule is CCCCN=C(C)C(C(=O)Nc1c(CC)cccc1CC)=C(O)Cc1ccccc1. The van der Waals surface area contributed by atoms with Crippen LogP contribution in [-0.2, 0) is 24.1 Å². The molecule has 0 radical (unpaired) electrons. The predicted molar refractivity (Wildman–Crippen MR) is 127 cm³/mol. The van der Waals surface area contributed by atoms with Gasteiger partial charge in [-0.2, -0.15) is 0 Å². The number of carbonyl (C=O) groups excluding carboxylic acids is 1. The van der Waals surface area contributed by atoms with Gasteiger partial charge in [-0.15, -0.1) is 0 Å². The van der Waals surface area contributed by atoms with Gasteiger partial charge in [0.15, 0.2) is 0 Å². The quantitative estimate of drug-likeness (QED) is 0.218. The maximum Gasteiger partial charge on any atom is 0.260 e. The minimum Gasteiger partial charge on any atom is -0.511 e. The van der Waals surface area contributed by atoms with Crippen molar-refractivity contribution < 1.29 is 9.90 Å². The first-order chi connectivity index (χ1) is 14.5. The van der Waals surface area contributed by atoms with Gasteiger partial charge in [-0.1, -0.05) is 75.7 Å². The van der Waals surface area contributed by atoms with Crippen molar-refractivity contribution >= 4 is 17.3 Å². The van der Waals surface area contributed by atoms with Gasteiger partial charge >= 0.3 is 0 Å². The van der Waals surface area contributed by atoms with Gasteiger partial charge < -0.3 is 10.4 Å². The summed E-state index contributed by atoms with van der Waals surface area (Å²) in [7, 11) is 0. The number of aryl methyl sites for hydroxylation is 2. The van der Waals surface area contributed by atoms with E-state index < -0.39 is 0 Å². The number of allylic oxidation sites excluding steroid dienone is 1. The number of amides is 1. The van der Waals surface area contributed by atoms with Crippen LogP contribution in [0.25, 0.3) is 0 Å². The van der Waals surface area contributed by atoms with Gasteiger partial charge in [-0.3, -0.25) is 9.79 Å². The zero-order valence-corrected chi connectivity index (χ0v) is 18.7. The van der Waals surface area contributed by atoms with E-state index in [1.54, 1.807) is 6.92 Å². The normalized spacial score (nSPS) is 12.5. The largest absolute Gasteiger partial charge is 0.511 e. The third kappa shape index (κ3) is 6.31. The number of nitrogens with zero attached hydrogens (tertiary/aromatic N) is 1. The fourth-order valence-corrected chi connectivity index (χ4v) is 3.44. The van der Waals surface area contributed by atoms with Crippen LogP contribution in [0, 0.1) is 0 Å². The van der Waals surface area contributed by atoms with Gasteiger partial charge in [0.25, 0.3) is 5.91 Å². The van der Waals surface area contributed by atoms with E-state index in [4.69, 9.17) is 0 Å². The number of aliphatic hydroxyl groups excluding tert-OH is 1. The summed E-state index contributed by atoms with van der Waals surface area (Å²) in [6, 6.07) is 15.8. The van der Waals surface area contributed by atoms with Crippen molar-refractivity contribution in [3.63, 3.8) is 0 Å². The first kappa shape index (κ1) is 23.4. The number of benzene rings is 2. The summed E-state index contributed by atoms with van der Waals surface area (Å²) in [6.45, 7) is 8.70. The standard InChI is InChI=1S/C26H34N2O2/c1-5-8-17-27-19(4)24(23(29)18-20-13-10-9-11-14-20)26(30)28-25-21(6-2)15-12-16-22(25)7-3/h9-16,29H,5-8,17-18H2,1-4H3,(H,28,30). The predicted octanol–water partition coefficient (Wildman–Crippen LogP) is 6.07. The lowest BCUT2D eigenvalue weighted by molar-refractivity contribution is -0.112. The average Bonchev–Trinajstić information content (AvgIpc) is 2.74. The number of hydrogen-bond acceptors (Lipinski definition) is 3. The van der Waals surface area contributed by atoms with Crippen LogP contribution in [0.4, 0.5) is 5.69 Å². The second kappa shape index (κ2) is 12.0. The molecule has 160 valence electrons. The molecule has 0 heterocycles. The molecule has 0 saturated heterocycles. The number of aliphatic imine (C=N–C) groups is 1. The number of nitrogens with one attached hydrogen (secondary N) is 1. The van der Waals surface area contributed by atoms with E-state index in [0.717, 1.165) is 48.1 Å². The van der Waals surface area contributed by atoms with Crippen LogP contribution in [0.3, 0.4) is 0 Å². The molecule has 2 aromatic rings. The highest BCUT2D eigenvalue weighted by Gasteiger charge is 2.21. The molecule has 2 N–H and O–H groups in total. The molecule has 4 nitrogen and oxygen atoms in total. The molecule has 0 saturated carbocycles. The maximum atomic E-state index is 13.3. The third-order valence-electron chi connectivity index (χ3n) is 5.19. The van der Waals surface area contributed by atoms with E-state index in [1.165, 1.54) is 0 Å². The summed E-state index contributed by atoms with van der Waals surface area (Å²) < 4.78 is 0. The van der Waals surface area contributed by atoms with E-state index >= 15 is 0 Å². The van der Waals surface area contributed by atoms with E-state index in [9.17, 15) is 9.90 Å². The fourth-order valence-electron chi connectivity index (χ4n) is 3.44. The Morgan fingerprint density at radius 2 is 1.60 bits per heavy atom. The molecule has 30 heavy (non-hydrogen) atoms. The molecule has 0 aliphatic rings. The first-order valence-corrected chi connectivity index (χ1v) is 10.9. The molecule has 0 bridgehead atoms. The number of unbranched alkanes of at least 4 members (excludes halogenated alkanes) is 1. The number of aliphatic hydroxyl groups is 1. The topological polar surface area (TPSA) is 61.7 Å². The summed E-state index contributed by atoms with van der Waals surface area (Å²) in [5.74, 6) is -0.264. The molecular formula is C26H34N2O2. The lowest BCUT2D eigenvalue weighted by atomic mass is 10.0. The van der Waals surface area contributed by atoms with E-state index in [0.29, 0.717) is 18.7 Å². The highest BCUT2D eigenvalue weighted by molar-refractivity contribution is 6.25. The van der Waals surface area contributed by atoms with Gasteiger partial charge in [0.1, 0.15) is 5.76 Å². The smallest absolute Gasteiger partial charge is 0.260 e. The number of hydrogen-bond donors (Lipinski definition) is 2. The van der Waals surface area contributed by atoms with Crippen molar-refractivity contribution in [1.82, 2.24) is 0 Å². The fraction of sp³-hybridized carbons (Fsp3) is 0.385. The van der Waals surface area contributed by atoms with Crippen LogP contribution in [0.1, 0.15) is 57.2 Å². The molecule has 0 aliphatic carbocycles. The molecule has 0 fully saturated rings. The Labute approximate surface area is 180 Å². The second-order valence-electron chi connectivity index (χ2n) is 7.42. The Kier molecular flexibility index (Phi) is 9.33. The van der Waals surface area contributed by atoms with Crippen LogP contribution >= 0.6 is 0 Å². The number of carbonyl (C=O) groups is 1. The van der Waals surface area contributed by atoms with Gasteiger partial charge in [0.2, 0.25) is 0 Å². The number of anilines is 1. The minimum atomic E-state index is -0.309. The summed E-state index contributed by atoms with van der Waals surface area (Å²) in [5.41, 5.74) is 4.81. The van der Waals surface area contributed by atoms with Crippen LogP contribution in [-0.4, -0.2) is 23.3 Å². The maximum absolute atomic E-state index is 13.3. The summed E-state index contributed by atoms with van der Waals surface area (Å²) >= 11 is 0. The van der Waals surface area contributed by atoms with Crippen LogP contribution in [0.5, 0.6) is 0 Å². The first-order valence-electron chi connectivity index (χ1n) is 10.9. The summed E-state index contributed by atoms with van der Waals surface area (Å²) in [4.78, 5) is 17.9. The molecular weight excluding hydrogens is 372 g/mol. The summed E-state index contributed by atoms with van der Waals surface area (Å²) in [5, 5.41) is 14.0. The zero-order valence-electron chi connectivity index (χ0n) is 18.7. The summed E-state index contributed by atoms with van der Waals surface area (Å²) in [6.07, 6.45) is 3.91. The number of para-hydroxylation sites is 1. The van der Waals surface area contributed by atoms with Crippen molar-refractivity contribution in [2.24, 2.45) is 4.99 Å². The monoisotopic (exact) mass is 406 g/mol. The highest BCUT2D eigenvalue weighted by Crippen LogP contribution is 2.24. The molecule has 4 heteroatoms. The minimum absolute atomic E-state index is 0.0449. The van der Waals surface area contributed by atoms with E-state index in [-0.39, 0.29) is 17.2 Å². The van der Waals surface area contributed by atoms with Gasteiger partial charge in [0.05, 0.1) is 5.57 Å². The Balaban J connectivity index is 2.42. The molecule has 2 rings (SSSR count). The van der Waals surface area contributed by atoms with Gasteiger partial charge in [-0.25, -0.2) is 0 Å². The van der Waals surface area contributed by atoms with Crippen LogP contribution < -0.4 is 5.32 Å². The lowest BCUT2D eigenvalue weighted by Crippen LogP contribution is -2.23. The van der Waals surface area contributed by atoms with Crippen molar-refractivity contribution in [3.05, 3.63) is 76.6 Å². The van der Waals surface area contributed by atoms with Crippen molar-refractivity contribution in [2.75, 3.05) is 11.9 Å². The Morgan fingerprint density at radius 1 is 0.967 bits per heavy atom. The molecule has 1 amide bonds. The second-order valence-corrected chi connectivity index (χ2v) is 7.42. The van der Waals surface area contributed by atoms with E-state index in [2.05, 4.69) is 31.1 Å². The van der Waals surface area contributed by atoms with Gasteiger partial charge in [0, 0.05) is 24.4 Å². The van der Waals surface area contributed by atoms with Crippen LogP contribution in [0.2, 0.25) is 0 Å². The van der Waals surface area contributed by atoms with Crippen molar-refractivity contribution in [3.8, 4) is 0 Å². The zero-order chi connectivity index (χ0) is 21.9. The van der Waals surface area contributed by atoms with Crippen molar-refractivity contribution in [2.45, 2.75) is 59.8 Å². The van der Waals surface area contributed by atoms with Crippen molar-refractivity contribution in [1.29, 1.82) is 0 Å². The lowest BCUT2D eigenvalue weighted by Gasteiger charge is -2.17. The molecule has 0 atom stereocenters. The average molecular weight is 407 g/mol.